The summed E-state index contributed by atoms with van der Waals surface area (Å²) in [4.78, 5) is 18.5. The Morgan fingerprint density at radius 3 is 2.90 bits per heavy atom. The molecule has 0 radical (unpaired) electrons. The van der Waals surface area contributed by atoms with Crippen LogP contribution in [0.25, 0.3) is 0 Å². The minimum Gasteiger partial charge on any atom is -0.332 e. The Bertz CT molecular complexity index is 683. The zero-order valence-electron chi connectivity index (χ0n) is 10.9. The van der Waals surface area contributed by atoms with Gasteiger partial charge in [-0.05, 0) is 28.1 Å². The summed E-state index contributed by atoms with van der Waals surface area (Å²) < 4.78 is 16.4. The van der Waals surface area contributed by atoms with Gasteiger partial charge in [0.2, 0.25) is 0 Å². The molecule has 0 aliphatic carbocycles. The molecule has 0 spiro atoms. The largest absolute Gasteiger partial charge is 0.332 e. The van der Waals surface area contributed by atoms with Gasteiger partial charge in [-0.25, -0.2) is 9.37 Å². The number of aromatic nitrogens is 2. The molecule has 0 unspecified atom stereocenters. The minimum absolute atomic E-state index is 0.122. The third kappa shape index (κ3) is 2.14. The van der Waals surface area contributed by atoms with Gasteiger partial charge in [0.25, 0.3) is 5.91 Å². The van der Waals surface area contributed by atoms with E-state index in [1.54, 1.807) is 17.0 Å². The van der Waals surface area contributed by atoms with Crippen LogP contribution in [0.1, 0.15) is 21.7 Å². The van der Waals surface area contributed by atoms with Crippen LogP contribution in [-0.2, 0) is 20.0 Å². The van der Waals surface area contributed by atoms with Crippen molar-refractivity contribution < 1.29 is 9.18 Å². The molecule has 104 valence electrons. The van der Waals surface area contributed by atoms with Crippen LogP contribution in [0.4, 0.5) is 4.39 Å². The van der Waals surface area contributed by atoms with Crippen molar-refractivity contribution in [1.82, 2.24) is 14.5 Å². The van der Waals surface area contributed by atoms with Crippen molar-refractivity contribution in [2.75, 3.05) is 6.54 Å². The van der Waals surface area contributed by atoms with Crippen molar-refractivity contribution in [2.24, 2.45) is 7.05 Å². The zero-order chi connectivity index (χ0) is 14.3. The molecule has 0 fully saturated rings. The number of hydrogen-bond donors (Lipinski definition) is 0. The van der Waals surface area contributed by atoms with Crippen molar-refractivity contribution in [3.63, 3.8) is 0 Å². The van der Waals surface area contributed by atoms with Gasteiger partial charge in [-0.15, -0.1) is 0 Å². The molecule has 0 saturated carbocycles. The average Bonchev–Trinajstić information content (AvgIpc) is 2.74. The molecule has 2 aromatic rings. The van der Waals surface area contributed by atoms with Crippen LogP contribution in [0.5, 0.6) is 0 Å². The van der Waals surface area contributed by atoms with Crippen LogP contribution in [-0.4, -0.2) is 26.9 Å². The molecule has 0 saturated heterocycles. The minimum atomic E-state index is -0.477. The first-order chi connectivity index (χ1) is 9.58. The Morgan fingerprint density at radius 2 is 2.15 bits per heavy atom. The van der Waals surface area contributed by atoms with E-state index in [9.17, 15) is 9.18 Å². The van der Waals surface area contributed by atoms with Gasteiger partial charge in [-0.1, -0.05) is 12.1 Å². The topological polar surface area (TPSA) is 38.1 Å². The Balaban J connectivity index is 1.89. The third-order valence-corrected chi connectivity index (χ3v) is 4.30. The summed E-state index contributed by atoms with van der Waals surface area (Å²) in [7, 11) is 1.90. The molecule has 1 amide bonds. The van der Waals surface area contributed by atoms with E-state index in [2.05, 4.69) is 20.9 Å². The summed E-state index contributed by atoms with van der Waals surface area (Å²) in [6.45, 7) is 1.02. The number of hydrogen-bond acceptors (Lipinski definition) is 2. The van der Waals surface area contributed by atoms with Gasteiger partial charge in [0.15, 0.2) is 4.73 Å². The Labute approximate surface area is 124 Å². The van der Waals surface area contributed by atoms with Crippen LogP contribution in [0, 0.1) is 5.82 Å². The van der Waals surface area contributed by atoms with Gasteiger partial charge in [0.1, 0.15) is 5.82 Å². The van der Waals surface area contributed by atoms with E-state index in [4.69, 9.17) is 0 Å². The third-order valence-electron chi connectivity index (χ3n) is 3.59. The lowest BCUT2D eigenvalue weighted by Crippen LogP contribution is -2.37. The van der Waals surface area contributed by atoms with Crippen LogP contribution in [0.3, 0.4) is 0 Å². The molecular weight excluding hydrogens is 325 g/mol. The Hall–Kier alpha value is -1.69. The fraction of sp³-hybridized carbons (Fsp3) is 0.286. The second-order valence-corrected chi connectivity index (χ2v) is 5.50. The normalized spacial score (nSPS) is 14.2. The number of rotatable bonds is 1. The monoisotopic (exact) mass is 337 g/mol. The molecule has 0 N–H and O–H groups in total. The number of fused-ring (bicyclic) bond motifs is 1. The molecule has 0 bridgehead atoms. The first kappa shape index (κ1) is 13.3. The van der Waals surface area contributed by atoms with Gasteiger partial charge >= 0.3 is 0 Å². The number of carbonyl (C=O) groups is 1. The number of carbonyl (C=O) groups excluding carboxylic acids is 1. The lowest BCUT2D eigenvalue weighted by molar-refractivity contribution is 0.0725. The molecule has 2 heterocycles. The molecule has 6 heteroatoms. The smallest absolute Gasteiger partial charge is 0.257 e. The average molecular weight is 338 g/mol. The van der Waals surface area contributed by atoms with Gasteiger partial charge in [-0.2, -0.15) is 0 Å². The standard InChI is InChI=1S/C14H13BrFN3O/c1-18-12-8-19(7-6-11(12)17-14(18)15)13(20)9-4-2-3-5-10(9)16/h2-5H,6-8H2,1H3. The van der Waals surface area contributed by atoms with Crippen LogP contribution < -0.4 is 0 Å². The molecule has 1 aliphatic heterocycles. The summed E-state index contributed by atoms with van der Waals surface area (Å²) in [6.07, 6.45) is 0.689. The van der Waals surface area contributed by atoms with E-state index in [1.165, 1.54) is 12.1 Å². The maximum atomic E-state index is 13.7. The summed E-state index contributed by atoms with van der Waals surface area (Å²) in [5.41, 5.74) is 2.11. The maximum Gasteiger partial charge on any atom is 0.257 e. The molecule has 1 aromatic carbocycles. The van der Waals surface area contributed by atoms with Gasteiger partial charge in [0, 0.05) is 20.0 Å². The van der Waals surface area contributed by atoms with E-state index >= 15 is 0 Å². The molecule has 3 rings (SSSR count). The predicted molar refractivity (Wildman–Crippen MR) is 75.8 cm³/mol. The lowest BCUT2D eigenvalue weighted by Gasteiger charge is -2.27. The Morgan fingerprint density at radius 1 is 1.40 bits per heavy atom. The fourth-order valence-corrected chi connectivity index (χ4v) is 2.86. The highest BCUT2D eigenvalue weighted by molar-refractivity contribution is 9.10. The van der Waals surface area contributed by atoms with Crippen molar-refractivity contribution in [1.29, 1.82) is 0 Å². The highest BCUT2D eigenvalue weighted by Crippen LogP contribution is 2.23. The lowest BCUT2D eigenvalue weighted by atomic mass is 10.1. The number of benzene rings is 1. The van der Waals surface area contributed by atoms with E-state index in [-0.39, 0.29) is 11.5 Å². The number of amides is 1. The summed E-state index contributed by atoms with van der Waals surface area (Å²) in [5, 5.41) is 0. The van der Waals surface area contributed by atoms with E-state index in [1.807, 2.05) is 11.6 Å². The predicted octanol–water partition coefficient (Wildman–Crippen LogP) is 2.52. The highest BCUT2D eigenvalue weighted by Gasteiger charge is 2.26. The van der Waals surface area contributed by atoms with Crippen molar-refractivity contribution >= 4 is 21.8 Å². The van der Waals surface area contributed by atoms with Crippen molar-refractivity contribution in [3.8, 4) is 0 Å². The molecule has 1 aromatic heterocycles. The quantitative estimate of drug-likeness (QED) is 0.801. The molecule has 4 nitrogen and oxygen atoms in total. The van der Waals surface area contributed by atoms with E-state index in [0.29, 0.717) is 19.5 Å². The highest BCUT2D eigenvalue weighted by atomic mass is 79.9. The summed E-state index contributed by atoms with van der Waals surface area (Å²) in [6, 6.07) is 6.08. The van der Waals surface area contributed by atoms with Crippen LogP contribution in [0.2, 0.25) is 0 Å². The number of imidazole rings is 1. The first-order valence-corrected chi connectivity index (χ1v) is 7.11. The summed E-state index contributed by atoms with van der Waals surface area (Å²) >= 11 is 3.38. The molecule has 20 heavy (non-hydrogen) atoms. The summed E-state index contributed by atoms with van der Waals surface area (Å²) in [5.74, 6) is -0.749. The van der Waals surface area contributed by atoms with E-state index in [0.717, 1.165) is 16.1 Å². The fourth-order valence-electron chi connectivity index (χ4n) is 2.43. The molecule has 0 atom stereocenters. The SMILES string of the molecule is Cn1c(Br)nc2c1CN(C(=O)c1ccccc1F)CC2. The van der Waals surface area contributed by atoms with Crippen LogP contribution >= 0.6 is 15.9 Å². The molecular formula is C14H13BrFN3O. The van der Waals surface area contributed by atoms with Crippen LogP contribution in [0.15, 0.2) is 29.0 Å². The maximum absolute atomic E-state index is 13.7. The zero-order valence-corrected chi connectivity index (χ0v) is 12.5. The number of halogens is 2. The van der Waals surface area contributed by atoms with Gasteiger partial charge in [0.05, 0.1) is 23.5 Å². The van der Waals surface area contributed by atoms with Crippen molar-refractivity contribution in [3.05, 3.63) is 51.8 Å². The second kappa shape index (κ2) is 5.01. The number of nitrogens with zero attached hydrogens (tertiary/aromatic N) is 3. The molecule has 1 aliphatic rings. The van der Waals surface area contributed by atoms with E-state index < -0.39 is 5.82 Å². The van der Waals surface area contributed by atoms with Gasteiger partial charge < -0.3 is 9.47 Å². The van der Waals surface area contributed by atoms with Crippen molar-refractivity contribution in [2.45, 2.75) is 13.0 Å². The Kier molecular flexibility index (Phi) is 3.33. The first-order valence-electron chi connectivity index (χ1n) is 6.31. The van der Waals surface area contributed by atoms with Gasteiger partial charge in [-0.3, -0.25) is 4.79 Å². The second-order valence-electron chi connectivity index (χ2n) is 4.79.